The number of hydrogen-bond donors (Lipinski definition) is 10. The van der Waals surface area contributed by atoms with Gasteiger partial charge in [-0.3, -0.25) is 28.2 Å². The molecule has 0 amide bonds. The zero-order valence-corrected chi connectivity index (χ0v) is 75.2. The molecule has 9 aromatic rings. The van der Waals surface area contributed by atoms with E-state index in [2.05, 4.69) is 70.5 Å². The first-order valence-corrected chi connectivity index (χ1v) is 38.9. The Bertz CT molecular complexity index is 6100. The molecule has 0 fully saturated rings. The molecule has 0 atom stereocenters. The monoisotopic (exact) mass is 1750 g/mol. The Morgan fingerprint density at radius 3 is 1.07 bits per heavy atom. The molecule has 0 spiro atoms. The Labute approximate surface area is 745 Å². The summed E-state index contributed by atoms with van der Waals surface area (Å²) in [6.45, 7) is 0. The number of aromatic amines is 4. The van der Waals surface area contributed by atoms with E-state index in [9.17, 15) is 107 Å². The van der Waals surface area contributed by atoms with Crippen LogP contribution in [0.2, 0.25) is 20.6 Å². The topological polar surface area (TPSA) is 664 Å². The molecule has 2 aliphatic heterocycles. The van der Waals surface area contributed by atoms with E-state index in [-0.39, 0.29) is 213 Å². The second-order valence-corrected chi connectivity index (χ2v) is 32.5. The van der Waals surface area contributed by atoms with Crippen LogP contribution in [0.4, 0.5) is 56.9 Å². The molecule has 0 aliphatic carbocycles. The molecule has 0 radical (unpaired) electrons. The molecule has 0 saturated carbocycles. The number of fused-ring (bicyclic) bond motifs is 4. The van der Waals surface area contributed by atoms with Gasteiger partial charge in [-0.15, -0.1) is 0 Å². The van der Waals surface area contributed by atoms with Gasteiger partial charge >= 0.3 is 177 Å². The quantitative estimate of drug-likeness (QED) is 0.0244. The number of aromatic nitrogens is 6. The predicted molar refractivity (Wildman–Crippen MR) is 330 cm³/mol. The van der Waals surface area contributed by atoms with Crippen LogP contribution < -0.4 is 261 Å². The van der Waals surface area contributed by atoms with Gasteiger partial charge in [-0.2, -0.15) is 43.6 Å². The molecule has 10 N–H and O–H groups in total. The van der Waals surface area contributed by atoms with E-state index in [0.29, 0.717) is 0 Å². The van der Waals surface area contributed by atoms with Gasteiger partial charge in [0.2, 0.25) is 33.0 Å². The van der Waals surface area contributed by atoms with Crippen LogP contribution in [-0.4, -0.2) is 108 Å². The molecule has 7 aromatic carbocycles. The third-order valence-electron chi connectivity index (χ3n) is 13.1. The van der Waals surface area contributed by atoms with Crippen molar-refractivity contribution in [2.45, 2.75) is 29.4 Å². The molecule has 2 aromatic heterocycles. The summed E-state index contributed by atoms with van der Waals surface area (Å²) in [5.74, 6) is -3.46. The minimum Gasteiger partial charge on any atom is -0.807 e. The standard InChI is InChI=1S/C48H32Cl4N14O26P2S6.6Na/c49-33-36-40(92-38-22(58-36)8-10-24(42(38)100(88,89)90)56-26-14-32(98(82,83)84)28(16-30(26)96(76,77)78)60-48-64-44(52)62-46(66-48)54-18-4-2-6-20(12-18)94(70,71)72)34(50)35-39(33)91-37-21(57-35)7-9-23(41(37)99(85,86)87)55-25-13-31(97(79,80)81)27(15-29(25)95(73,74)75)59-47-63-43(51)61-45(65-47)53-17-3-1-5-19(11-17)93(67,68)69;;;;;;/h1-16,55-56H,(H2,67,68,69)(H2,70,71,72)(H,73,74,75)(H,76,77,78)(H,79,80,81)(H,82,83,84)(H,85,86,87)(H,88,89,90)(H2,53,59,61,63,65)(H2,54,60,62,64,66);;;;;;/q;6*+1/p-6. The molecular weight excluding hydrogens is 1720 g/mol. The summed E-state index contributed by atoms with van der Waals surface area (Å²) in [7, 11) is -45.0. The van der Waals surface area contributed by atoms with Crippen LogP contribution in [0, 0.1) is 0 Å². The molecule has 11 rings (SSSR count). The van der Waals surface area contributed by atoms with E-state index >= 15 is 0 Å². The van der Waals surface area contributed by atoms with Crippen LogP contribution in [0.5, 0.6) is 23.0 Å². The number of benzene rings is 7. The normalized spacial score (nSPS) is 13.4. The predicted octanol–water partition coefficient (Wildman–Crippen LogP) is -17.2. The number of nitrogens with zero attached hydrogens (tertiary/aromatic N) is 8. The molecule has 106 heavy (non-hydrogen) atoms. The maximum atomic E-state index is 13.4. The summed E-state index contributed by atoms with van der Waals surface area (Å²) in [5, 5.41) is -0.854. The largest absolute Gasteiger partial charge is 1.00 e. The molecule has 4 heterocycles. The molecule has 0 saturated heterocycles. The fourth-order valence-corrected chi connectivity index (χ4v) is 15.2. The third-order valence-corrected chi connectivity index (χ3v) is 21.4. The Morgan fingerprint density at radius 1 is 0.425 bits per heavy atom. The van der Waals surface area contributed by atoms with E-state index in [1.165, 1.54) is 12.1 Å². The molecule has 0 bridgehead atoms. The average molecular weight is 1750 g/mol. The zero-order valence-electron chi connectivity index (χ0n) is 53.4. The van der Waals surface area contributed by atoms with Crippen LogP contribution in [0.1, 0.15) is 0 Å². The summed E-state index contributed by atoms with van der Waals surface area (Å²) in [4.78, 5) is 79.4. The Morgan fingerprint density at radius 2 is 0.764 bits per heavy atom. The number of halogens is 4. The van der Waals surface area contributed by atoms with Gasteiger partial charge in [-0.05, 0) is 122 Å². The Kier molecular flexibility index (Phi) is 31.1. The van der Waals surface area contributed by atoms with Crippen molar-refractivity contribution in [3.63, 3.8) is 0 Å². The van der Waals surface area contributed by atoms with E-state index in [1.54, 1.807) is 0 Å². The summed E-state index contributed by atoms with van der Waals surface area (Å²) in [6.07, 6.45) is 0. The fraction of sp³-hybridized carbons (Fsp3) is 0. The van der Waals surface area contributed by atoms with Crippen LogP contribution in [0.25, 0.3) is 0 Å². The summed E-state index contributed by atoms with van der Waals surface area (Å²) in [5.41, 5.74) is -10.3. The van der Waals surface area contributed by atoms with Crippen molar-refractivity contribution in [2.75, 3.05) is 10.6 Å². The van der Waals surface area contributed by atoms with Crippen molar-refractivity contribution < 1.29 is 293 Å². The first-order valence-electron chi connectivity index (χ1n) is 25.8. The van der Waals surface area contributed by atoms with E-state index in [1.807, 2.05) is 0 Å². The number of nitrogens with one attached hydrogen (secondary N) is 6. The summed E-state index contributed by atoms with van der Waals surface area (Å²) >= 11 is 25.7. The molecular formula is C48H26Cl4N14Na6O26P2S6. The smallest absolute Gasteiger partial charge is 0.807 e. The molecule has 2 aliphatic rings. The van der Waals surface area contributed by atoms with Gasteiger partial charge in [-0.25, -0.2) is 46.8 Å². The van der Waals surface area contributed by atoms with Crippen molar-refractivity contribution in [3.05, 3.63) is 151 Å². The van der Waals surface area contributed by atoms with Crippen LogP contribution >= 0.6 is 61.6 Å². The fourth-order valence-electron chi connectivity index (χ4n) is 9.16. The van der Waals surface area contributed by atoms with Gasteiger partial charge in [0.15, 0.2) is 32.8 Å². The molecule has 40 nitrogen and oxygen atoms in total. The van der Waals surface area contributed by atoms with Crippen molar-refractivity contribution in [1.29, 1.82) is 0 Å². The van der Waals surface area contributed by atoms with Gasteiger partial charge in [-0.1, -0.05) is 47.5 Å². The SMILES string of the molecule is O=P([O-])([O-])c1cccc(N=c2nc(Cl)[nH]c(=Nc3cc(S(=O)(=O)[O-])c(Nc4ccc5c(c4S(=O)(=O)O)Oc4c(Cl)c6c(c(Cl)c4=N5)Oc4c(ccc(Nc5cc(S(=O)(=O)O)c(N=c7[nH]c(Cl)nc(=Nc8cccc(P(=O)([O-])[O-])c8)[nH]7)cc5S(=O)(=O)[O-])c4S(=O)(=O)O)N=6)cc3S(=O)(=O)O)[nH]2)c1.[Na+].[Na+].[Na+].[Na+].[Na+].[Na+]. The Balaban J connectivity index is 0.00000336. The van der Waals surface area contributed by atoms with Gasteiger partial charge in [0.1, 0.15) is 62.2 Å². The van der Waals surface area contributed by atoms with Gasteiger partial charge in [0.05, 0.1) is 55.3 Å². The molecule has 0 unspecified atom stereocenters. The minimum absolute atomic E-state index is 0. The van der Waals surface area contributed by atoms with Crippen molar-refractivity contribution in [1.82, 2.24) is 29.9 Å². The zero-order chi connectivity index (χ0) is 73.1. The number of anilines is 4. The maximum Gasteiger partial charge on any atom is 1.00 e. The Hall–Kier alpha value is -2.52. The van der Waals surface area contributed by atoms with Crippen LogP contribution in [0.15, 0.2) is 156 Å². The van der Waals surface area contributed by atoms with E-state index < -0.39 is 238 Å². The summed E-state index contributed by atoms with van der Waals surface area (Å²) < 4.78 is 261. The first kappa shape index (κ1) is 94.1. The van der Waals surface area contributed by atoms with Gasteiger partial charge in [0, 0.05) is 0 Å². The summed E-state index contributed by atoms with van der Waals surface area (Å²) in [6, 6.07) is 12.7. The average Bonchev–Trinajstić information content (AvgIpc) is 0.724. The van der Waals surface area contributed by atoms with Crippen molar-refractivity contribution in [2.24, 2.45) is 30.0 Å². The third kappa shape index (κ3) is 21.3. The van der Waals surface area contributed by atoms with Crippen LogP contribution in [0.3, 0.4) is 0 Å². The van der Waals surface area contributed by atoms with Gasteiger partial charge in [0.25, 0.3) is 40.5 Å². The van der Waals surface area contributed by atoms with Crippen molar-refractivity contribution >= 4 is 190 Å². The minimum atomic E-state index is -5.87. The number of hydrogen-bond acceptors (Lipinski definition) is 32. The molecule has 58 heteroatoms. The molecule has 524 valence electrons. The van der Waals surface area contributed by atoms with Crippen LogP contribution in [-0.2, 0) is 69.8 Å². The number of ether oxygens (including phenoxy) is 2. The van der Waals surface area contributed by atoms with Crippen molar-refractivity contribution in [3.8, 4) is 23.0 Å². The first-order chi connectivity index (χ1) is 46.2. The maximum absolute atomic E-state index is 13.4. The number of H-pyrrole nitrogens is 4. The van der Waals surface area contributed by atoms with E-state index in [0.717, 1.165) is 60.7 Å². The second kappa shape index (κ2) is 35.1. The number of rotatable bonds is 16. The van der Waals surface area contributed by atoms with Gasteiger partial charge < -0.3 is 67.9 Å². The second-order valence-electron chi connectivity index (χ2n) is 19.8. The van der Waals surface area contributed by atoms with E-state index in [4.69, 9.17) is 55.9 Å².